The predicted octanol–water partition coefficient (Wildman–Crippen LogP) is 1.86. The first-order valence-electron chi connectivity index (χ1n) is 6.25. The summed E-state index contributed by atoms with van der Waals surface area (Å²) in [5.74, 6) is 0.815. The van der Waals surface area contributed by atoms with E-state index in [0.29, 0.717) is 0 Å². The van der Waals surface area contributed by atoms with Crippen LogP contribution in [0, 0.1) is 5.92 Å². The maximum Gasteiger partial charge on any atom is 0.0250 e. The zero-order valence-corrected chi connectivity index (χ0v) is 9.63. The molecule has 1 aliphatic heterocycles. The fourth-order valence-electron chi connectivity index (χ4n) is 3.04. The van der Waals surface area contributed by atoms with E-state index in [4.69, 9.17) is 0 Å². The molecular weight excluding hydrogens is 172 g/mol. The Morgan fingerprint density at radius 2 is 2.07 bits per heavy atom. The lowest BCUT2D eigenvalue weighted by atomic mass is 9.87. The van der Waals surface area contributed by atoms with Crippen molar-refractivity contribution in [3.8, 4) is 0 Å². The van der Waals surface area contributed by atoms with Gasteiger partial charge in [-0.05, 0) is 18.8 Å². The summed E-state index contributed by atoms with van der Waals surface area (Å²) in [6, 6.07) is 1.65. The van der Waals surface area contributed by atoms with Crippen LogP contribution in [0.5, 0.6) is 0 Å². The average Bonchev–Trinajstić information content (AvgIpc) is 2.18. The minimum atomic E-state index is 0.802. The number of hydrogen-bond donors (Lipinski definition) is 1. The van der Waals surface area contributed by atoms with Gasteiger partial charge >= 0.3 is 0 Å². The van der Waals surface area contributed by atoms with Gasteiger partial charge in [0.05, 0.1) is 0 Å². The topological polar surface area (TPSA) is 15.3 Å². The van der Waals surface area contributed by atoms with Crippen molar-refractivity contribution in [1.82, 2.24) is 10.2 Å². The van der Waals surface area contributed by atoms with Crippen molar-refractivity contribution in [3.05, 3.63) is 0 Å². The predicted molar refractivity (Wildman–Crippen MR) is 60.5 cm³/mol. The third-order valence-electron chi connectivity index (χ3n) is 3.60. The van der Waals surface area contributed by atoms with Gasteiger partial charge in [-0.25, -0.2) is 0 Å². The van der Waals surface area contributed by atoms with Crippen molar-refractivity contribution in [3.63, 3.8) is 0 Å². The molecule has 0 aromatic rings. The number of nitrogens with one attached hydrogen (secondary N) is 1. The second-order valence-corrected chi connectivity index (χ2v) is 5.30. The Balaban J connectivity index is 1.94. The highest BCUT2D eigenvalue weighted by atomic mass is 15.2. The standard InChI is InChI=1S/C12H24N2/c1-10(2)9-14-8-7-13-11-5-3-4-6-12(11)14/h10-13H,3-9H2,1-2H3. The van der Waals surface area contributed by atoms with E-state index in [1.54, 1.807) is 0 Å². The molecule has 2 unspecified atom stereocenters. The van der Waals surface area contributed by atoms with Crippen LogP contribution in [0.4, 0.5) is 0 Å². The van der Waals surface area contributed by atoms with Gasteiger partial charge < -0.3 is 5.32 Å². The van der Waals surface area contributed by atoms with Crippen LogP contribution in [0.25, 0.3) is 0 Å². The molecule has 0 spiro atoms. The summed E-state index contributed by atoms with van der Waals surface area (Å²) < 4.78 is 0. The van der Waals surface area contributed by atoms with Crippen molar-refractivity contribution in [2.24, 2.45) is 5.92 Å². The van der Waals surface area contributed by atoms with Crippen LogP contribution in [0.15, 0.2) is 0 Å². The van der Waals surface area contributed by atoms with Gasteiger partial charge in [-0.2, -0.15) is 0 Å². The van der Waals surface area contributed by atoms with Crippen LogP contribution in [-0.2, 0) is 0 Å². The van der Waals surface area contributed by atoms with E-state index >= 15 is 0 Å². The summed E-state index contributed by atoms with van der Waals surface area (Å²) in [7, 11) is 0. The largest absolute Gasteiger partial charge is 0.311 e. The zero-order chi connectivity index (χ0) is 9.97. The zero-order valence-electron chi connectivity index (χ0n) is 9.63. The van der Waals surface area contributed by atoms with Crippen molar-refractivity contribution >= 4 is 0 Å². The molecule has 2 heteroatoms. The first kappa shape index (κ1) is 10.4. The molecule has 1 N–H and O–H groups in total. The van der Waals surface area contributed by atoms with Crippen molar-refractivity contribution in [2.45, 2.75) is 51.6 Å². The summed E-state index contributed by atoms with van der Waals surface area (Å²) in [5, 5.41) is 3.68. The Bertz CT molecular complexity index is 177. The van der Waals surface area contributed by atoms with Gasteiger partial charge in [0.25, 0.3) is 0 Å². The van der Waals surface area contributed by atoms with Crippen LogP contribution in [0.3, 0.4) is 0 Å². The van der Waals surface area contributed by atoms with E-state index in [1.165, 1.54) is 45.3 Å². The Kier molecular flexibility index (Phi) is 3.45. The van der Waals surface area contributed by atoms with E-state index < -0.39 is 0 Å². The molecule has 1 aliphatic carbocycles. The Morgan fingerprint density at radius 1 is 1.29 bits per heavy atom. The SMILES string of the molecule is CC(C)CN1CCNC2CCCCC21. The van der Waals surface area contributed by atoms with Crippen LogP contribution in [0.2, 0.25) is 0 Å². The first-order chi connectivity index (χ1) is 6.77. The van der Waals surface area contributed by atoms with Crippen molar-refractivity contribution in [2.75, 3.05) is 19.6 Å². The van der Waals surface area contributed by atoms with E-state index in [-0.39, 0.29) is 0 Å². The molecule has 2 aliphatic rings. The average molecular weight is 196 g/mol. The third kappa shape index (κ3) is 2.29. The highest BCUT2D eigenvalue weighted by molar-refractivity contribution is 4.92. The van der Waals surface area contributed by atoms with Crippen molar-refractivity contribution < 1.29 is 0 Å². The summed E-state index contributed by atoms with van der Waals surface area (Å²) in [5.41, 5.74) is 0. The van der Waals surface area contributed by atoms with Gasteiger partial charge in [-0.3, -0.25) is 4.90 Å². The number of hydrogen-bond acceptors (Lipinski definition) is 2. The summed E-state index contributed by atoms with van der Waals surface area (Å²) in [6.45, 7) is 8.43. The summed E-state index contributed by atoms with van der Waals surface area (Å²) in [6.07, 6.45) is 5.70. The molecule has 2 atom stereocenters. The van der Waals surface area contributed by atoms with Crippen LogP contribution in [0.1, 0.15) is 39.5 Å². The molecule has 1 saturated heterocycles. The van der Waals surface area contributed by atoms with E-state index in [0.717, 1.165) is 18.0 Å². The van der Waals surface area contributed by atoms with Gasteiger partial charge in [-0.15, -0.1) is 0 Å². The molecular formula is C12H24N2. The molecule has 1 saturated carbocycles. The lowest BCUT2D eigenvalue weighted by Gasteiger charge is -2.45. The van der Waals surface area contributed by atoms with Gasteiger partial charge in [-0.1, -0.05) is 26.7 Å². The lowest BCUT2D eigenvalue weighted by molar-refractivity contribution is 0.0776. The molecule has 1 heterocycles. The smallest absolute Gasteiger partial charge is 0.0250 e. The second kappa shape index (κ2) is 4.63. The molecule has 0 bridgehead atoms. The van der Waals surface area contributed by atoms with Gasteiger partial charge in [0.15, 0.2) is 0 Å². The normalized spacial score (nSPS) is 34.5. The van der Waals surface area contributed by atoms with Crippen LogP contribution in [-0.4, -0.2) is 36.6 Å². The minimum absolute atomic E-state index is 0.802. The number of nitrogens with zero attached hydrogens (tertiary/aromatic N) is 1. The van der Waals surface area contributed by atoms with Gasteiger partial charge in [0, 0.05) is 31.7 Å². The highest BCUT2D eigenvalue weighted by Gasteiger charge is 2.32. The Morgan fingerprint density at radius 3 is 2.86 bits per heavy atom. The lowest BCUT2D eigenvalue weighted by Crippen LogP contribution is -2.59. The van der Waals surface area contributed by atoms with Crippen molar-refractivity contribution in [1.29, 1.82) is 0 Å². The highest BCUT2D eigenvalue weighted by Crippen LogP contribution is 2.25. The molecule has 2 rings (SSSR count). The molecule has 14 heavy (non-hydrogen) atoms. The molecule has 0 radical (unpaired) electrons. The second-order valence-electron chi connectivity index (χ2n) is 5.30. The maximum absolute atomic E-state index is 3.68. The minimum Gasteiger partial charge on any atom is -0.311 e. The quantitative estimate of drug-likeness (QED) is 0.725. The monoisotopic (exact) mass is 196 g/mol. The molecule has 0 aromatic carbocycles. The van der Waals surface area contributed by atoms with Gasteiger partial charge in [0.2, 0.25) is 0 Å². The molecule has 0 amide bonds. The number of piperazine rings is 1. The molecule has 2 fully saturated rings. The Labute approximate surface area is 88.1 Å². The van der Waals surface area contributed by atoms with Crippen LogP contribution < -0.4 is 5.32 Å². The molecule has 2 nitrogen and oxygen atoms in total. The Hall–Kier alpha value is -0.0800. The number of rotatable bonds is 2. The third-order valence-corrected chi connectivity index (χ3v) is 3.60. The first-order valence-corrected chi connectivity index (χ1v) is 6.25. The van der Waals surface area contributed by atoms with Gasteiger partial charge in [0.1, 0.15) is 0 Å². The van der Waals surface area contributed by atoms with E-state index in [2.05, 4.69) is 24.1 Å². The summed E-state index contributed by atoms with van der Waals surface area (Å²) in [4.78, 5) is 2.73. The summed E-state index contributed by atoms with van der Waals surface area (Å²) >= 11 is 0. The van der Waals surface area contributed by atoms with E-state index in [9.17, 15) is 0 Å². The maximum atomic E-state index is 3.68. The van der Waals surface area contributed by atoms with Crippen LogP contribution >= 0.6 is 0 Å². The molecule has 0 aromatic heterocycles. The number of fused-ring (bicyclic) bond motifs is 1. The fourth-order valence-corrected chi connectivity index (χ4v) is 3.04. The van der Waals surface area contributed by atoms with E-state index in [1.807, 2.05) is 0 Å². The molecule has 82 valence electrons. The fraction of sp³-hybridized carbons (Fsp3) is 1.00.